The maximum absolute atomic E-state index is 13.6. The first-order chi connectivity index (χ1) is 11.0. The zero-order valence-corrected chi connectivity index (χ0v) is 13.4. The third-order valence-electron chi connectivity index (χ3n) is 3.76. The standard InChI is InChI=1S/C16H16FN3O2S/c1-20-8-11(7-15(20)21)18-16(22)13-9-23-14(19-13)6-10-4-2-3-5-12(10)17/h2-5,9,11H,6-8H2,1H3,(H,18,22). The van der Waals surface area contributed by atoms with Crippen LogP contribution in [0, 0.1) is 5.82 Å². The Morgan fingerprint density at radius 1 is 1.48 bits per heavy atom. The molecular weight excluding hydrogens is 317 g/mol. The minimum absolute atomic E-state index is 0.0221. The molecule has 5 nitrogen and oxygen atoms in total. The topological polar surface area (TPSA) is 62.3 Å². The molecule has 1 aliphatic heterocycles. The molecule has 7 heteroatoms. The molecule has 3 rings (SSSR count). The Labute approximate surface area is 137 Å². The lowest BCUT2D eigenvalue weighted by Crippen LogP contribution is -2.36. The van der Waals surface area contributed by atoms with Gasteiger partial charge < -0.3 is 10.2 Å². The fourth-order valence-electron chi connectivity index (χ4n) is 2.52. The highest BCUT2D eigenvalue weighted by Crippen LogP contribution is 2.17. The fourth-order valence-corrected chi connectivity index (χ4v) is 3.32. The average Bonchev–Trinajstić information content (AvgIpc) is 3.09. The SMILES string of the molecule is CN1CC(NC(=O)c2csc(Cc3ccccc3F)n2)CC1=O. The van der Waals surface area contributed by atoms with E-state index in [1.807, 2.05) is 0 Å². The highest BCUT2D eigenvalue weighted by Gasteiger charge is 2.28. The summed E-state index contributed by atoms with van der Waals surface area (Å²) in [7, 11) is 1.71. The second-order valence-corrected chi connectivity index (χ2v) is 6.49. The molecule has 0 bridgehead atoms. The Bertz CT molecular complexity index is 746. The predicted molar refractivity (Wildman–Crippen MR) is 84.8 cm³/mol. The van der Waals surface area contributed by atoms with Crippen LogP contribution in [0.4, 0.5) is 4.39 Å². The summed E-state index contributed by atoms with van der Waals surface area (Å²) in [4.78, 5) is 29.5. The van der Waals surface area contributed by atoms with Crippen LogP contribution in [0.15, 0.2) is 29.6 Å². The first-order valence-electron chi connectivity index (χ1n) is 7.25. The summed E-state index contributed by atoms with van der Waals surface area (Å²) >= 11 is 1.32. The molecule has 1 saturated heterocycles. The molecule has 120 valence electrons. The van der Waals surface area contributed by atoms with Crippen LogP contribution in [-0.4, -0.2) is 41.3 Å². The largest absolute Gasteiger partial charge is 0.346 e. The summed E-state index contributed by atoms with van der Waals surface area (Å²) in [5, 5.41) is 5.15. The summed E-state index contributed by atoms with van der Waals surface area (Å²) < 4.78 is 13.6. The summed E-state index contributed by atoms with van der Waals surface area (Å²) in [6.07, 6.45) is 0.670. The molecule has 2 aromatic rings. The number of aromatic nitrogens is 1. The van der Waals surface area contributed by atoms with E-state index in [0.717, 1.165) is 0 Å². The molecule has 0 radical (unpaired) electrons. The zero-order valence-electron chi connectivity index (χ0n) is 12.6. The Morgan fingerprint density at radius 2 is 2.26 bits per heavy atom. The molecule has 2 heterocycles. The summed E-state index contributed by atoms with van der Waals surface area (Å²) in [6, 6.07) is 6.34. The summed E-state index contributed by atoms with van der Waals surface area (Å²) in [5.41, 5.74) is 0.861. The van der Waals surface area contributed by atoms with Crippen molar-refractivity contribution < 1.29 is 14.0 Å². The van der Waals surface area contributed by atoms with Crippen LogP contribution in [0.5, 0.6) is 0 Å². The predicted octanol–water partition coefficient (Wildman–Crippen LogP) is 1.83. The molecular formula is C16H16FN3O2S. The number of halogens is 1. The molecule has 2 amide bonds. The van der Waals surface area contributed by atoms with Gasteiger partial charge in [0.05, 0.1) is 11.0 Å². The number of hydrogen-bond acceptors (Lipinski definition) is 4. The Balaban J connectivity index is 1.64. The maximum atomic E-state index is 13.6. The lowest BCUT2D eigenvalue weighted by molar-refractivity contribution is -0.126. The van der Waals surface area contributed by atoms with Crippen molar-refractivity contribution in [1.29, 1.82) is 0 Å². The number of carbonyl (C=O) groups excluding carboxylic acids is 2. The quantitative estimate of drug-likeness (QED) is 0.928. The van der Waals surface area contributed by atoms with E-state index in [1.165, 1.54) is 17.4 Å². The first-order valence-corrected chi connectivity index (χ1v) is 8.13. The van der Waals surface area contributed by atoms with Crippen molar-refractivity contribution in [2.24, 2.45) is 0 Å². The number of rotatable bonds is 4. The number of carbonyl (C=O) groups is 2. The van der Waals surface area contributed by atoms with E-state index in [-0.39, 0.29) is 23.7 Å². The van der Waals surface area contributed by atoms with Crippen LogP contribution in [-0.2, 0) is 11.2 Å². The van der Waals surface area contributed by atoms with E-state index in [9.17, 15) is 14.0 Å². The number of thiazole rings is 1. The third kappa shape index (κ3) is 3.56. The Morgan fingerprint density at radius 3 is 2.96 bits per heavy atom. The third-order valence-corrected chi connectivity index (χ3v) is 4.61. The van der Waals surface area contributed by atoms with Gasteiger partial charge in [0, 0.05) is 31.8 Å². The highest BCUT2D eigenvalue weighted by molar-refractivity contribution is 7.09. The second-order valence-electron chi connectivity index (χ2n) is 5.54. The molecule has 1 aliphatic rings. The fraction of sp³-hybridized carbons (Fsp3) is 0.312. The van der Waals surface area contributed by atoms with Crippen LogP contribution >= 0.6 is 11.3 Å². The van der Waals surface area contributed by atoms with E-state index >= 15 is 0 Å². The summed E-state index contributed by atoms with van der Waals surface area (Å²) in [5.74, 6) is -0.552. The molecule has 0 saturated carbocycles. The average molecular weight is 333 g/mol. The molecule has 0 aliphatic carbocycles. The van der Waals surface area contributed by atoms with E-state index in [2.05, 4.69) is 10.3 Å². The molecule has 0 spiro atoms. The highest BCUT2D eigenvalue weighted by atomic mass is 32.1. The number of nitrogens with zero attached hydrogens (tertiary/aromatic N) is 2. The van der Waals surface area contributed by atoms with Crippen molar-refractivity contribution in [2.45, 2.75) is 18.9 Å². The van der Waals surface area contributed by atoms with Gasteiger partial charge in [0.25, 0.3) is 5.91 Å². The molecule has 1 fully saturated rings. The van der Waals surface area contributed by atoms with Crippen molar-refractivity contribution in [3.05, 3.63) is 51.7 Å². The number of likely N-dealkylation sites (N-methyl/N-ethyl adjacent to an activating group) is 1. The minimum Gasteiger partial charge on any atom is -0.346 e. The lowest BCUT2D eigenvalue weighted by atomic mass is 10.1. The van der Waals surface area contributed by atoms with Gasteiger partial charge in [-0.15, -0.1) is 11.3 Å². The van der Waals surface area contributed by atoms with Gasteiger partial charge >= 0.3 is 0 Å². The van der Waals surface area contributed by atoms with E-state index in [0.29, 0.717) is 35.7 Å². The van der Waals surface area contributed by atoms with Crippen LogP contribution in [0.3, 0.4) is 0 Å². The first kappa shape index (κ1) is 15.6. The maximum Gasteiger partial charge on any atom is 0.271 e. The summed E-state index contributed by atoms with van der Waals surface area (Å²) in [6.45, 7) is 0.511. The molecule has 1 aromatic carbocycles. The molecule has 1 aromatic heterocycles. The van der Waals surface area contributed by atoms with E-state index < -0.39 is 0 Å². The normalized spacial score (nSPS) is 17.6. The van der Waals surface area contributed by atoms with Crippen LogP contribution in [0.2, 0.25) is 0 Å². The van der Waals surface area contributed by atoms with Gasteiger partial charge in [-0.25, -0.2) is 9.37 Å². The number of amides is 2. The number of nitrogens with one attached hydrogen (secondary N) is 1. The molecule has 1 unspecified atom stereocenters. The van der Waals surface area contributed by atoms with Gasteiger partial charge in [0.2, 0.25) is 5.91 Å². The Hall–Kier alpha value is -2.28. The molecule has 1 N–H and O–H groups in total. The van der Waals surface area contributed by atoms with Gasteiger partial charge in [-0.05, 0) is 11.6 Å². The minimum atomic E-state index is -0.297. The Kier molecular flexibility index (Phi) is 4.38. The molecule has 23 heavy (non-hydrogen) atoms. The van der Waals surface area contributed by atoms with Crippen molar-refractivity contribution in [3.8, 4) is 0 Å². The van der Waals surface area contributed by atoms with Crippen molar-refractivity contribution in [3.63, 3.8) is 0 Å². The van der Waals surface area contributed by atoms with Crippen LogP contribution in [0.25, 0.3) is 0 Å². The lowest BCUT2D eigenvalue weighted by Gasteiger charge is -2.11. The van der Waals surface area contributed by atoms with Crippen molar-refractivity contribution in [1.82, 2.24) is 15.2 Å². The monoisotopic (exact) mass is 333 g/mol. The molecule has 1 atom stereocenters. The second kappa shape index (κ2) is 6.45. The van der Waals surface area contributed by atoms with Gasteiger partial charge in [0.15, 0.2) is 0 Å². The van der Waals surface area contributed by atoms with Crippen LogP contribution < -0.4 is 5.32 Å². The number of hydrogen-bond donors (Lipinski definition) is 1. The smallest absolute Gasteiger partial charge is 0.271 e. The number of likely N-dealkylation sites (tertiary alicyclic amines) is 1. The number of benzene rings is 1. The van der Waals surface area contributed by atoms with Gasteiger partial charge in [0.1, 0.15) is 11.5 Å². The van der Waals surface area contributed by atoms with E-state index in [4.69, 9.17) is 0 Å². The van der Waals surface area contributed by atoms with Crippen molar-refractivity contribution >= 4 is 23.2 Å². The zero-order chi connectivity index (χ0) is 16.4. The van der Waals surface area contributed by atoms with Crippen molar-refractivity contribution in [2.75, 3.05) is 13.6 Å². The van der Waals surface area contributed by atoms with Crippen LogP contribution in [0.1, 0.15) is 27.5 Å². The van der Waals surface area contributed by atoms with Gasteiger partial charge in [-0.3, -0.25) is 9.59 Å². The van der Waals surface area contributed by atoms with Gasteiger partial charge in [-0.1, -0.05) is 18.2 Å². The van der Waals surface area contributed by atoms with Gasteiger partial charge in [-0.2, -0.15) is 0 Å². The van der Waals surface area contributed by atoms with E-state index in [1.54, 1.807) is 35.5 Å².